The molecule has 3 fully saturated rings. The minimum Gasteiger partial charge on any atom is -0.458 e. The summed E-state index contributed by atoms with van der Waals surface area (Å²) in [6.45, 7) is 2.16. The molecule has 242 valence electrons. The number of hydrogen-bond donors (Lipinski definition) is 3. The number of nitrogens with zero attached hydrogens (tertiary/aromatic N) is 1. The number of rotatable bonds is 11. The number of anilines is 1. The third kappa shape index (κ3) is 7.45. The molecule has 3 aliphatic rings. The number of nitrogens with two attached hydrogens (primary N) is 1. The SMILES string of the molecule is CO[C@H](C)COC(=O)c1cc2cc(NC(=O)[C@@H]3[C@H](C4CCCCC4)CCN3C(=O)[C@H]3CC[C@H]([C@H](N)CCF)CC3)ccc2[nH]1. The summed E-state index contributed by atoms with van der Waals surface area (Å²) in [6.07, 6.45) is 9.92. The summed E-state index contributed by atoms with van der Waals surface area (Å²) in [7, 11) is 1.56. The first kappa shape index (κ1) is 32.4. The number of esters is 1. The van der Waals surface area contributed by atoms with Crippen molar-refractivity contribution in [2.45, 2.75) is 95.7 Å². The van der Waals surface area contributed by atoms with Crippen LogP contribution in [0.3, 0.4) is 0 Å². The van der Waals surface area contributed by atoms with E-state index in [1.807, 2.05) is 30.0 Å². The first-order valence-corrected chi connectivity index (χ1v) is 16.5. The number of hydrogen-bond acceptors (Lipinski definition) is 6. The molecule has 1 saturated heterocycles. The molecule has 10 heteroatoms. The molecule has 2 saturated carbocycles. The van der Waals surface area contributed by atoms with Crippen molar-refractivity contribution in [3.05, 3.63) is 30.0 Å². The Morgan fingerprint density at radius 2 is 1.82 bits per heavy atom. The van der Waals surface area contributed by atoms with E-state index in [2.05, 4.69) is 10.3 Å². The molecule has 0 bridgehead atoms. The average molecular weight is 613 g/mol. The lowest BCUT2D eigenvalue weighted by Crippen LogP contribution is -2.50. The molecule has 4 N–H and O–H groups in total. The van der Waals surface area contributed by atoms with Gasteiger partial charge in [0.05, 0.1) is 12.8 Å². The topological polar surface area (TPSA) is 127 Å². The first-order valence-electron chi connectivity index (χ1n) is 16.5. The largest absolute Gasteiger partial charge is 0.458 e. The number of ether oxygens (including phenoxy) is 2. The highest BCUT2D eigenvalue weighted by Gasteiger charge is 2.47. The third-order valence-electron chi connectivity index (χ3n) is 10.4. The predicted molar refractivity (Wildman–Crippen MR) is 168 cm³/mol. The van der Waals surface area contributed by atoms with Gasteiger partial charge in [0.1, 0.15) is 18.3 Å². The van der Waals surface area contributed by atoms with E-state index in [0.29, 0.717) is 30.3 Å². The second-order valence-electron chi connectivity index (χ2n) is 13.2. The van der Waals surface area contributed by atoms with E-state index in [1.165, 1.54) is 19.3 Å². The molecule has 1 aliphatic heterocycles. The highest BCUT2D eigenvalue weighted by atomic mass is 19.1. The van der Waals surface area contributed by atoms with E-state index in [9.17, 15) is 18.8 Å². The fourth-order valence-electron chi connectivity index (χ4n) is 7.72. The number of carbonyl (C=O) groups excluding carboxylic acids is 3. The number of aromatic amines is 1. The van der Waals surface area contributed by atoms with Gasteiger partial charge in [-0.05, 0) is 87.5 Å². The molecule has 1 aromatic carbocycles. The Labute approximate surface area is 259 Å². The Morgan fingerprint density at radius 3 is 2.52 bits per heavy atom. The van der Waals surface area contributed by atoms with E-state index >= 15 is 0 Å². The van der Waals surface area contributed by atoms with Gasteiger partial charge in [-0.15, -0.1) is 0 Å². The van der Waals surface area contributed by atoms with Gasteiger partial charge in [-0.1, -0.05) is 32.1 Å². The highest BCUT2D eigenvalue weighted by Crippen LogP contribution is 2.41. The fraction of sp³-hybridized carbons (Fsp3) is 0.676. The van der Waals surface area contributed by atoms with Gasteiger partial charge in [0.15, 0.2) is 0 Å². The molecule has 2 aromatic rings. The zero-order chi connectivity index (χ0) is 31.2. The number of halogens is 1. The average Bonchev–Trinajstić information content (AvgIpc) is 3.69. The van der Waals surface area contributed by atoms with Crippen LogP contribution in [0.25, 0.3) is 10.9 Å². The first-order chi connectivity index (χ1) is 21.3. The molecule has 5 rings (SSSR count). The van der Waals surface area contributed by atoms with Gasteiger partial charge < -0.3 is 30.4 Å². The Bertz CT molecular complexity index is 1290. The van der Waals surface area contributed by atoms with Crippen LogP contribution in [-0.4, -0.2) is 72.8 Å². The van der Waals surface area contributed by atoms with Crippen molar-refractivity contribution in [1.82, 2.24) is 9.88 Å². The van der Waals surface area contributed by atoms with Crippen molar-refractivity contribution in [2.24, 2.45) is 29.4 Å². The van der Waals surface area contributed by atoms with E-state index in [1.54, 1.807) is 13.2 Å². The maximum absolute atomic E-state index is 14.1. The van der Waals surface area contributed by atoms with Crippen molar-refractivity contribution in [3.8, 4) is 0 Å². The van der Waals surface area contributed by atoms with Gasteiger partial charge in [0.2, 0.25) is 11.8 Å². The van der Waals surface area contributed by atoms with Crippen molar-refractivity contribution in [3.63, 3.8) is 0 Å². The third-order valence-corrected chi connectivity index (χ3v) is 10.4. The number of amides is 2. The Kier molecular flexibility index (Phi) is 11.0. The lowest BCUT2D eigenvalue weighted by Gasteiger charge is -2.37. The number of fused-ring (bicyclic) bond motifs is 1. The van der Waals surface area contributed by atoms with E-state index in [4.69, 9.17) is 15.2 Å². The zero-order valence-corrected chi connectivity index (χ0v) is 26.2. The number of nitrogens with one attached hydrogen (secondary N) is 2. The van der Waals surface area contributed by atoms with Crippen LogP contribution in [0.1, 0.15) is 88.0 Å². The fourth-order valence-corrected chi connectivity index (χ4v) is 7.72. The van der Waals surface area contributed by atoms with E-state index < -0.39 is 18.7 Å². The number of benzene rings is 1. The molecule has 44 heavy (non-hydrogen) atoms. The second-order valence-corrected chi connectivity index (χ2v) is 13.2. The molecule has 0 unspecified atom stereocenters. The molecular formula is C34H49FN4O5. The van der Waals surface area contributed by atoms with Crippen LogP contribution < -0.4 is 11.1 Å². The van der Waals surface area contributed by atoms with Crippen molar-refractivity contribution >= 4 is 34.4 Å². The summed E-state index contributed by atoms with van der Waals surface area (Å²) in [4.78, 5) is 45.5. The Balaban J connectivity index is 1.29. The van der Waals surface area contributed by atoms with Gasteiger partial charge in [-0.25, -0.2) is 4.79 Å². The standard InChI is InChI=1S/C34H49FN4O5/c1-21(43-2)20-44-34(42)30-19-25-18-26(12-13-29(25)38-30)37-32(40)31-27(22-6-4-3-5-7-22)15-17-39(31)33(41)24-10-8-23(9-11-24)28(36)14-16-35/h12-13,18-19,21-24,27-28,31,38H,3-11,14-17,20,36H2,1-2H3,(H,37,40)/t21-,23-,24-,27+,28-,31+/m1/s1. The van der Waals surface area contributed by atoms with Crippen molar-refractivity contribution < 1.29 is 28.2 Å². The summed E-state index contributed by atoms with van der Waals surface area (Å²) >= 11 is 0. The molecule has 4 atom stereocenters. The van der Waals surface area contributed by atoms with Gasteiger partial charge in [-0.3, -0.25) is 14.0 Å². The smallest absolute Gasteiger partial charge is 0.354 e. The molecule has 2 amide bonds. The van der Waals surface area contributed by atoms with E-state index in [0.717, 1.165) is 55.8 Å². The summed E-state index contributed by atoms with van der Waals surface area (Å²) in [5, 5.41) is 3.90. The van der Waals surface area contributed by atoms with Gasteiger partial charge in [0, 0.05) is 42.2 Å². The maximum Gasteiger partial charge on any atom is 0.354 e. The van der Waals surface area contributed by atoms with Crippen molar-refractivity contribution in [2.75, 3.05) is 32.3 Å². The molecule has 0 spiro atoms. The molecule has 2 heterocycles. The summed E-state index contributed by atoms with van der Waals surface area (Å²) in [6, 6.07) is 6.55. The van der Waals surface area contributed by atoms with E-state index in [-0.39, 0.29) is 48.3 Å². The molecule has 9 nitrogen and oxygen atoms in total. The number of H-pyrrole nitrogens is 1. The van der Waals surface area contributed by atoms with Crippen LogP contribution >= 0.6 is 0 Å². The number of methoxy groups -OCH3 is 1. The lowest BCUT2D eigenvalue weighted by molar-refractivity contribution is -0.142. The van der Waals surface area contributed by atoms with Gasteiger partial charge in [-0.2, -0.15) is 0 Å². The van der Waals surface area contributed by atoms with Crippen molar-refractivity contribution in [1.29, 1.82) is 0 Å². The van der Waals surface area contributed by atoms with Gasteiger partial charge in [0.25, 0.3) is 0 Å². The molecule has 1 aromatic heterocycles. The quantitative estimate of drug-likeness (QED) is 0.284. The molecule has 0 radical (unpaired) electrons. The van der Waals surface area contributed by atoms with Crippen LogP contribution in [0, 0.1) is 23.7 Å². The summed E-state index contributed by atoms with van der Waals surface area (Å²) < 4.78 is 23.3. The summed E-state index contributed by atoms with van der Waals surface area (Å²) in [5.41, 5.74) is 7.91. The second kappa shape index (κ2) is 14.9. The van der Waals surface area contributed by atoms with Crippen LogP contribution in [0.2, 0.25) is 0 Å². The van der Waals surface area contributed by atoms with Crippen LogP contribution in [0.15, 0.2) is 24.3 Å². The monoisotopic (exact) mass is 612 g/mol. The zero-order valence-electron chi connectivity index (χ0n) is 26.2. The van der Waals surface area contributed by atoms with Crippen LogP contribution in [-0.2, 0) is 19.1 Å². The van der Waals surface area contributed by atoms with Crippen LogP contribution in [0.5, 0.6) is 0 Å². The number of carbonyl (C=O) groups is 3. The lowest BCUT2D eigenvalue weighted by atomic mass is 9.76. The Morgan fingerprint density at radius 1 is 1.07 bits per heavy atom. The van der Waals surface area contributed by atoms with Crippen LogP contribution in [0.4, 0.5) is 10.1 Å². The predicted octanol–water partition coefficient (Wildman–Crippen LogP) is 5.59. The molecule has 2 aliphatic carbocycles. The normalized spacial score (nSPS) is 26.0. The minimum atomic E-state index is -0.507. The maximum atomic E-state index is 14.1. The minimum absolute atomic E-state index is 0.0769. The number of alkyl halides is 1. The number of likely N-dealkylation sites (tertiary alicyclic amines) is 1. The summed E-state index contributed by atoms with van der Waals surface area (Å²) in [5.74, 6) is 0.173. The highest BCUT2D eigenvalue weighted by molar-refractivity contribution is 6.01. The number of aromatic nitrogens is 1. The van der Waals surface area contributed by atoms with Gasteiger partial charge >= 0.3 is 5.97 Å². The molecular weight excluding hydrogens is 563 g/mol. The Hall–Kier alpha value is -2.98.